The van der Waals surface area contributed by atoms with E-state index in [0.29, 0.717) is 11.5 Å². The van der Waals surface area contributed by atoms with Gasteiger partial charge in [-0.05, 0) is 17.5 Å². The summed E-state index contributed by atoms with van der Waals surface area (Å²) >= 11 is 1.45. The molecule has 3 aromatic rings. The molecule has 4 rings (SSSR count). The number of thiophene rings is 1. The summed E-state index contributed by atoms with van der Waals surface area (Å²) in [5.74, 6) is -0.386. The summed E-state index contributed by atoms with van der Waals surface area (Å²) < 4.78 is 8.99. The fourth-order valence-corrected chi connectivity index (χ4v) is 4.48. The van der Waals surface area contributed by atoms with Gasteiger partial charge in [-0.1, -0.05) is 18.2 Å². The third-order valence-electron chi connectivity index (χ3n) is 4.64. The minimum Gasteiger partial charge on any atom is -0.371 e. The first-order valence-electron chi connectivity index (χ1n) is 8.25. The van der Waals surface area contributed by atoms with Crippen LogP contribution >= 0.6 is 11.3 Å². The van der Waals surface area contributed by atoms with Crippen molar-refractivity contribution in [1.29, 1.82) is 0 Å². The van der Waals surface area contributed by atoms with Crippen LogP contribution in [-0.4, -0.2) is 40.3 Å². The summed E-state index contributed by atoms with van der Waals surface area (Å²) in [5.41, 5.74) is 7.73. The van der Waals surface area contributed by atoms with Crippen LogP contribution in [0.2, 0.25) is 0 Å². The van der Waals surface area contributed by atoms with Gasteiger partial charge in [0.1, 0.15) is 0 Å². The molecule has 0 spiro atoms. The number of hydrogen-bond donors (Lipinski definition) is 1. The molecule has 0 bridgehead atoms. The van der Waals surface area contributed by atoms with Crippen LogP contribution < -0.4 is 5.73 Å². The number of hydrogen-bond acceptors (Lipinski definition) is 5. The lowest BCUT2D eigenvalue weighted by Gasteiger charge is -2.33. The van der Waals surface area contributed by atoms with E-state index in [1.165, 1.54) is 11.3 Å². The maximum absolute atomic E-state index is 12.0. The average Bonchev–Trinajstić information content (AvgIpc) is 3.19. The molecule has 1 atom stereocenters. The van der Waals surface area contributed by atoms with Gasteiger partial charge in [0, 0.05) is 43.1 Å². The molecule has 25 heavy (non-hydrogen) atoms. The fourth-order valence-electron chi connectivity index (χ4n) is 3.37. The van der Waals surface area contributed by atoms with Crippen molar-refractivity contribution in [3.63, 3.8) is 0 Å². The number of nitrogens with two attached hydrogens (primary N) is 1. The lowest BCUT2D eigenvalue weighted by Crippen LogP contribution is -2.38. The number of primary amides is 1. The Balaban J connectivity index is 1.65. The van der Waals surface area contributed by atoms with E-state index in [2.05, 4.69) is 10.00 Å². The van der Waals surface area contributed by atoms with Gasteiger partial charge >= 0.3 is 0 Å². The second kappa shape index (κ2) is 6.59. The molecular weight excluding hydrogens is 336 g/mol. The van der Waals surface area contributed by atoms with E-state index in [9.17, 15) is 4.79 Å². The first-order chi connectivity index (χ1) is 12.1. The summed E-state index contributed by atoms with van der Waals surface area (Å²) in [4.78, 5) is 14.9. The topological polar surface area (TPSA) is 73.4 Å². The van der Waals surface area contributed by atoms with Gasteiger partial charge < -0.3 is 10.5 Å². The van der Waals surface area contributed by atoms with Gasteiger partial charge in [-0.2, -0.15) is 5.10 Å². The third-order valence-corrected chi connectivity index (χ3v) is 5.84. The van der Waals surface area contributed by atoms with Crippen molar-refractivity contribution >= 4 is 27.3 Å². The predicted octanol–water partition coefficient (Wildman–Crippen LogP) is 2.31. The van der Waals surface area contributed by atoms with E-state index in [0.717, 1.165) is 41.0 Å². The first-order valence-corrected chi connectivity index (χ1v) is 9.07. The highest BCUT2D eigenvalue weighted by Crippen LogP contribution is 2.38. The lowest BCUT2D eigenvalue weighted by atomic mass is 10.0. The van der Waals surface area contributed by atoms with Gasteiger partial charge in [0.05, 0.1) is 23.3 Å². The number of morpholine rings is 1. The Morgan fingerprint density at radius 2 is 2.24 bits per heavy atom. The van der Waals surface area contributed by atoms with Crippen molar-refractivity contribution in [2.24, 2.45) is 12.8 Å². The fraction of sp³-hybridized carbons (Fsp3) is 0.333. The summed E-state index contributed by atoms with van der Waals surface area (Å²) in [6.07, 6.45) is 1.66. The highest BCUT2D eigenvalue weighted by Gasteiger charge is 2.29. The Hall–Kier alpha value is -2.22. The number of nitrogens with zero attached hydrogens (tertiary/aromatic N) is 3. The van der Waals surface area contributed by atoms with E-state index >= 15 is 0 Å². The lowest BCUT2D eigenvalue weighted by molar-refractivity contribution is -0.0329. The van der Waals surface area contributed by atoms with Crippen LogP contribution in [0.15, 0.2) is 36.5 Å². The molecule has 6 nitrogen and oxygen atoms in total. The van der Waals surface area contributed by atoms with Gasteiger partial charge in [0.15, 0.2) is 0 Å². The molecule has 2 aromatic heterocycles. The van der Waals surface area contributed by atoms with Gasteiger partial charge in [0.2, 0.25) is 0 Å². The molecule has 7 heteroatoms. The van der Waals surface area contributed by atoms with E-state index < -0.39 is 0 Å². The predicted molar refractivity (Wildman–Crippen MR) is 97.5 cm³/mol. The molecule has 0 aliphatic carbocycles. The third kappa shape index (κ3) is 3.06. The number of carbonyl (C=O) groups excluding carboxylic acids is 1. The zero-order valence-electron chi connectivity index (χ0n) is 14.0. The molecule has 1 saturated heterocycles. The van der Waals surface area contributed by atoms with Gasteiger partial charge in [0.25, 0.3) is 5.91 Å². The second-order valence-electron chi connectivity index (χ2n) is 6.25. The largest absolute Gasteiger partial charge is 0.371 e. The van der Waals surface area contributed by atoms with Gasteiger partial charge in [-0.15, -0.1) is 11.3 Å². The van der Waals surface area contributed by atoms with Crippen LogP contribution in [0, 0.1) is 0 Å². The van der Waals surface area contributed by atoms with E-state index in [1.54, 1.807) is 0 Å². The highest BCUT2D eigenvalue weighted by atomic mass is 32.1. The molecule has 0 saturated carbocycles. The summed E-state index contributed by atoms with van der Waals surface area (Å²) in [6, 6.07) is 10.0. The van der Waals surface area contributed by atoms with Crippen molar-refractivity contribution in [2.75, 3.05) is 19.7 Å². The van der Waals surface area contributed by atoms with Crippen LogP contribution in [0.25, 0.3) is 10.1 Å². The van der Waals surface area contributed by atoms with Gasteiger partial charge in [-0.25, -0.2) is 0 Å². The van der Waals surface area contributed by atoms with Crippen molar-refractivity contribution < 1.29 is 9.53 Å². The summed E-state index contributed by atoms with van der Waals surface area (Å²) in [5, 5.41) is 5.29. The molecule has 1 fully saturated rings. The van der Waals surface area contributed by atoms with E-state index in [4.69, 9.17) is 10.5 Å². The average molecular weight is 356 g/mol. The Kier molecular flexibility index (Phi) is 4.29. The maximum atomic E-state index is 12.0. The van der Waals surface area contributed by atoms with Crippen LogP contribution in [0.5, 0.6) is 0 Å². The van der Waals surface area contributed by atoms with Crippen LogP contribution in [0.3, 0.4) is 0 Å². The maximum Gasteiger partial charge on any atom is 0.259 e. The zero-order valence-corrected chi connectivity index (χ0v) is 14.8. The summed E-state index contributed by atoms with van der Waals surface area (Å²) in [7, 11) is 1.95. The molecule has 1 aliphatic heterocycles. The SMILES string of the molecule is Cn1nccc1CN1CCOC(c2c(C(N)=O)sc3ccccc23)C1. The van der Waals surface area contributed by atoms with Crippen molar-refractivity contribution in [2.45, 2.75) is 12.6 Å². The monoisotopic (exact) mass is 356 g/mol. The number of aryl methyl sites for hydroxylation is 1. The zero-order chi connectivity index (χ0) is 17.4. The molecule has 1 aromatic carbocycles. The minimum atomic E-state index is -0.386. The molecule has 3 heterocycles. The standard InChI is InChI=1S/C18H20N4O2S/c1-21-12(6-7-20-21)10-22-8-9-24-14(11-22)16-13-4-2-3-5-15(13)25-17(16)18(19)23/h2-7,14H,8-11H2,1H3,(H2,19,23). The number of fused-ring (bicyclic) bond motifs is 1. The number of rotatable bonds is 4. The second-order valence-corrected chi connectivity index (χ2v) is 7.30. The molecule has 1 unspecified atom stereocenters. The van der Waals surface area contributed by atoms with Gasteiger partial charge in [-0.3, -0.25) is 14.4 Å². The molecule has 0 radical (unpaired) electrons. The molecular formula is C18H20N4O2S. The molecule has 1 amide bonds. The first kappa shape index (κ1) is 16.3. The quantitative estimate of drug-likeness (QED) is 0.778. The van der Waals surface area contributed by atoms with E-state index in [-0.39, 0.29) is 12.0 Å². The smallest absolute Gasteiger partial charge is 0.259 e. The summed E-state index contributed by atoms with van der Waals surface area (Å²) in [6.45, 7) is 3.02. The Morgan fingerprint density at radius 1 is 1.40 bits per heavy atom. The Morgan fingerprint density at radius 3 is 3.00 bits per heavy atom. The number of aromatic nitrogens is 2. The molecule has 2 N–H and O–H groups in total. The van der Waals surface area contributed by atoms with Crippen molar-refractivity contribution in [1.82, 2.24) is 14.7 Å². The number of ether oxygens (including phenoxy) is 1. The van der Waals surface area contributed by atoms with Crippen LogP contribution in [0.1, 0.15) is 27.0 Å². The molecule has 130 valence electrons. The normalized spacial score (nSPS) is 18.7. The van der Waals surface area contributed by atoms with E-state index in [1.807, 2.05) is 48.3 Å². The number of amides is 1. The Labute approximate surface area is 149 Å². The highest BCUT2D eigenvalue weighted by molar-refractivity contribution is 7.21. The Bertz CT molecular complexity index is 917. The van der Waals surface area contributed by atoms with Crippen LogP contribution in [0.4, 0.5) is 0 Å². The number of benzene rings is 1. The minimum absolute atomic E-state index is 0.152. The van der Waals surface area contributed by atoms with Crippen molar-refractivity contribution in [3.8, 4) is 0 Å². The van der Waals surface area contributed by atoms with Crippen LogP contribution in [-0.2, 0) is 18.3 Å². The number of carbonyl (C=O) groups is 1. The molecule has 1 aliphatic rings. The van der Waals surface area contributed by atoms with Crippen molar-refractivity contribution in [3.05, 3.63) is 52.7 Å².